The highest BCUT2D eigenvalue weighted by Crippen LogP contribution is 2.25. The third-order valence-electron chi connectivity index (χ3n) is 6.20. The van der Waals surface area contributed by atoms with Gasteiger partial charge in [-0.25, -0.2) is 0 Å². The third kappa shape index (κ3) is 6.20. The average Bonchev–Trinajstić information content (AvgIpc) is 2.80. The molecule has 6 heteroatoms. The quantitative estimate of drug-likeness (QED) is 0.402. The SMILES string of the molecule is CCC(c1ccccc1)N1CCN(C(=NC)NCCCCn2c(C)cccc2=O)CC1. The van der Waals surface area contributed by atoms with E-state index in [4.69, 9.17) is 0 Å². The molecule has 1 saturated heterocycles. The van der Waals surface area contributed by atoms with Crippen molar-refractivity contribution in [1.82, 2.24) is 19.7 Å². The zero-order chi connectivity index (χ0) is 22.1. The minimum atomic E-state index is 0.0857. The lowest BCUT2D eigenvalue weighted by Gasteiger charge is -2.40. The van der Waals surface area contributed by atoms with E-state index in [-0.39, 0.29) is 5.56 Å². The smallest absolute Gasteiger partial charge is 0.250 e. The molecule has 0 spiro atoms. The Kier molecular flexibility index (Phi) is 8.71. The van der Waals surface area contributed by atoms with Gasteiger partial charge >= 0.3 is 0 Å². The number of guanidine groups is 1. The fraction of sp³-hybridized carbons (Fsp3) is 0.520. The maximum atomic E-state index is 12.0. The lowest BCUT2D eigenvalue weighted by atomic mass is 10.0. The monoisotopic (exact) mass is 423 g/mol. The summed E-state index contributed by atoms with van der Waals surface area (Å²) in [5.74, 6) is 0.987. The van der Waals surface area contributed by atoms with Crippen molar-refractivity contribution >= 4 is 5.96 Å². The van der Waals surface area contributed by atoms with Crippen LogP contribution in [0.3, 0.4) is 0 Å². The van der Waals surface area contributed by atoms with Crippen molar-refractivity contribution in [3.63, 3.8) is 0 Å². The molecule has 1 N–H and O–H groups in total. The number of aromatic nitrogens is 1. The van der Waals surface area contributed by atoms with Crippen molar-refractivity contribution in [3.8, 4) is 0 Å². The molecule has 1 atom stereocenters. The molecular formula is C25H37N5O. The summed E-state index contributed by atoms with van der Waals surface area (Å²) in [7, 11) is 1.86. The van der Waals surface area contributed by atoms with Gasteiger partial charge in [0, 0.05) is 64.1 Å². The Balaban J connectivity index is 1.42. The number of unbranched alkanes of at least 4 members (excludes halogenated alkanes) is 1. The van der Waals surface area contributed by atoms with Crippen LogP contribution in [0, 0.1) is 6.92 Å². The highest BCUT2D eigenvalue weighted by molar-refractivity contribution is 5.79. The van der Waals surface area contributed by atoms with E-state index in [2.05, 4.69) is 57.4 Å². The Labute approximate surface area is 186 Å². The number of hydrogen-bond donors (Lipinski definition) is 1. The van der Waals surface area contributed by atoms with Gasteiger partial charge in [0.2, 0.25) is 0 Å². The zero-order valence-corrected chi connectivity index (χ0v) is 19.3. The van der Waals surface area contributed by atoms with Crippen molar-refractivity contribution in [3.05, 3.63) is 70.1 Å². The van der Waals surface area contributed by atoms with E-state index in [0.29, 0.717) is 6.04 Å². The van der Waals surface area contributed by atoms with Crippen molar-refractivity contribution in [2.24, 2.45) is 4.99 Å². The van der Waals surface area contributed by atoms with Gasteiger partial charge in [0.1, 0.15) is 0 Å². The number of nitrogens with one attached hydrogen (secondary N) is 1. The fourth-order valence-electron chi connectivity index (χ4n) is 4.46. The summed E-state index contributed by atoms with van der Waals surface area (Å²) in [5, 5.41) is 3.51. The molecule has 1 aliphatic rings. The van der Waals surface area contributed by atoms with Crippen molar-refractivity contribution in [2.75, 3.05) is 39.8 Å². The number of hydrogen-bond acceptors (Lipinski definition) is 3. The predicted molar refractivity (Wildman–Crippen MR) is 129 cm³/mol. The molecule has 1 aliphatic heterocycles. The van der Waals surface area contributed by atoms with E-state index in [1.54, 1.807) is 6.07 Å². The lowest BCUT2D eigenvalue weighted by Crippen LogP contribution is -2.53. The van der Waals surface area contributed by atoms with Gasteiger partial charge < -0.3 is 14.8 Å². The average molecular weight is 424 g/mol. The standard InChI is InChI=1S/C25H37N5O/c1-4-23(22-12-6-5-7-13-22)28-17-19-29(20-18-28)25(26-3)27-15-8-9-16-30-21(2)11-10-14-24(30)31/h5-7,10-14,23H,4,8-9,15-20H2,1-3H3,(H,26,27). The van der Waals surface area contributed by atoms with Gasteiger partial charge in [0.25, 0.3) is 5.56 Å². The highest BCUT2D eigenvalue weighted by Gasteiger charge is 2.25. The molecule has 3 rings (SSSR count). The summed E-state index contributed by atoms with van der Waals surface area (Å²) < 4.78 is 1.85. The van der Waals surface area contributed by atoms with Gasteiger partial charge in [-0.1, -0.05) is 43.3 Å². The molecule has 0 bridgehead atoms. The lowest BCUT2D eigenvalue weighted by molar-refractivity contribution is 0.127. The Hall–Kier alpha value is -2.60. The number of aliphatic imine (C=N–C) groups is 1. The van der Waals surface area contributed by atoms with Crippen LogP contribution in [0.2, 0.25) is 0 Å². The van der Waals surface area contributed by atoms with Gasteiger partial charge in [-0.15, -0.1) is 0 Å². The molecule has 0 saturated carbocycles. The summed E-state index contributed by atoms with van der Waals surface area (Å²) in [5.41, 5.74) is 2.52. The molecular weight excluding hydrogens is 386 g/mol. The number of piperazine rings is 1. The third-order valence-corrected chi connectivity index (χ3v) is 6.20. The molecule has 0 radical (unpaired) electrons. The second-order valence-electron chi connectivity index (χ2n) is 8.20. The normalized spacial score (nSPS) is 16.4. The number of benzene rings is 1. The first-order valence-electron chi connectivity index (χ1n) is 11.5. The molecule has 2 heterocycles. The topological polar surface area (TPSA) is 52.9 Å². The molecule has 1 aromatic carbocycles. The van der Waals surface area contributed by atoms with Crippen LogP contribution in [-0.4, -0.2) is 60.1 Å². The Bertz CT molecular complexity index is 884. The van der Waals surface area contributed by atoms with Crippen molar-refractivity contribution < 1.29 is 0 Å². The maximum Gasteiger partial charge on any atom is 0.250 e. The van der Waals surface area contributed by atoms with Crippen LogP contribution in [0.25, 0.3) is 0 Å². The largest absolute Gasteiger partial charge is 0.356 e. The Morgan fingerprint density at radius 3 is 2.42 bits per heavy atom. The van der Waals surface area contributed by atoms with Crippen LogP contribution >= 0.6 is 0 Å². The molecule has 2 aromatic rings. The zero-order valence-electron chi connectivity index (χ0n) is 19.3. The van der Waals surface area contributed by atoms with E-state index >= 15 is 0 Å². The number of aryl methyl sites for hydroxylation is 1. The van der Waals surface area contributed by atoms with Gasteiger partial charge in [0.05, 0.1) is 0 Å². The van der Waals surface area contributed by atoms with Crippen molar-refractivity contribution in [1.29, 1.82) is 0 Å². The molecule has 1 fully saturated rings. The summed E-state index contributed by atoms with van der Waals surface area (Å²) in [6.45, 7) is 9.97. The van der Waals surface area contributed by atoms with E-state index in [9.17, 15) is 4.79 Å². The first-order valence-corrected chi connectivity index (χ1v) is 11.5. The van der Waals surface area contributed by atoms with Crippen LogP contribution in [0.15, 0.2) is 58.3 Å². The number of nitrogens with zero attached hydrogens (tertiary/aromatic N) is 4. The van der Waals surface area contributed by atoms with Crippen molar-refractivity contribution in [2.45, 2.75) is 45.7 Å². The predicted octanol–water partition coefficient (Wildman–Crippen LogP) is 3.28. The van der Waals surface area contributed by atoms with Gasteiger partial charge in [-0.05, 0) is 37.8 Å². The highest BCUT2D eigenvalue weighted by atomic mass is 16.1. The minimum Gasteiger partial charge on any atom is -0.356 e. The molecule has 1 aromatic heterocycles. The molecule has 1 unspecified atom stereocenters. The van der Waals surface area contributed by atoms with E-state index in [1.165, 1.54) is 5.56 Å². The molecule has 0 amide bonds. The van der Waals surface area contributed by atoms with E-state index < -0.39 is 0 Å². The minimum absolute atomic E-state index is 0.0857. The fourth-order valence-corrected chi connectivity index (χ4v) is 4.46. The second-order valence-corrected chi connectivity index (χ2v) is 8.20. The summed E-state index contributed by atoms with van der Waals surface area (Å²) in [6, 6.07) is 16.8. The first-order chi connectivity index (χ1) is 15.1. The van der Waals surface area contributed by atoms with Gasteiger partial charge in [-0.3, -0.25) is 14.7 Å². The second kappa shape index (κ2) is 11.7. The molecule has 0 aliphatic carbocycles. The Morgan fingerprint density at radius 1 is 1.03 bits per heavy atom. The number of pyridine rings is 1. The first kappa shape index (κ1) is 23.1. The van der Waals surface area contributed by atoms with E-state index in [1.807, 2.05) is 30.7 Å². The van der Waals surface area contributed by atoms with E-state index in [0.717, 1.165) is 70.2 Å². The summed E-state index contributed by atoms with van der Waals surface area (Å²) in [6.07, 6.45) is 3.10. The Morgan fingerprint density at radius 2 is 1.77 bits per heavy atom. The van der Waals surface area contributed by atoms with Crippen LogP contribution < -0.4 is 10.9 Å². The van der Waals surface area contributed by atoms with Crippen LogP contribution in [0.5, 0.6) is 0 Å². The van der Waals surface area contributed by atoms with Crippen LogP contribution in [0.1, 0.15) is 43.5 Å². The molecule has 6 nitrogen and oxygen atoms in total. The summed E-state index contributed by atoms with van der Waals surface area (Å²) >= 11 is 0. The summed E-state index contributed by atoms with van der Waals surface area (Å²) in [4.78, 5) is 21.4. The molecule has 31 heavy (non-hydrogen) atoms. The van der Waals surface area contributed by atoms with Crippen LogP contribution in [-0.2, 0) is 6.54 Å². The van der Waals surface area contributed by atoms with Gasteiger partial charge in [-0.2, -0.15) is 0 Å². The molecule has 168 valence electrons. The van der Waals surface area contributed by atoms with Crippen LogP contribution in [0.4, 0.5) is 0 Å². The maximum absolute atomic E-state index is 12.0. The number of rotatable bonds is 8. The van der Waals surface area contributed by atoms with Gasteiger partial charge in [0.15, 0.2) is 5.96 Å².